The summed E-state index contributed by atoms with van der Waals surface area (Å²) in [7, 11) is 0. The summed E-state index contributed by atoms with van der Waals surface area (Å²) in [4.78, 5) is 23.1. The molecule has 3 rings (SSSR count). The molecule has 7 heteroatoms. The zero-order valence-electron chi connectivity index (χ0n) is 16.2. The van der Waals surface area contributed by atoms with Crippen LogP contribution in [-0.2, 0) is 16.7 Å². The van der Waals surface area contributed by atoms with Crippen molar-refractivity contribution >= 4 is 17.5 Å². The summed E-state index contributed by atoms with van der Waals surface area (Å²) in [5.74, 6) is 1.44. The molecule has 0 aliphatic carbocycles. The highest BCUT2D eigenvalue weighted by molar-refractivity contribution is 5.89. The van der Waals surface area contributed by atoms with E-state index in [0.717, 1.165) is 24.6 Å². The molecule has 1 saturated heterocycles. The molecule has 27 heavy (non-hydrogen) atoms. The molecule has 2 N–H and O–H groups in total. The van der Waals surface area contributed by atoms with Crippen LogP contribution in [0.15, 0.2) is 36.5 Å². The number of amides is 2. The maximum absolute atomic E-state index is 12.1. The molecule has 7 nitrogen and oxygen atoms in total. The Morgan fingerprint density at radius 3 is 2.52 bits per heavy atom. The summed E-state index contributed by atoms with van der Waals surface area (Å²) in [6.07, 6.45) is 1.72. The summed E-state index contributed by atoms with van der Waals surface area (Å²) < 4.78 is 5.36. The normalized spacial score (nSPS) is 14.7. The molecule has 0 unspecified atom stereocenters. The average molecular weight is 369 g/mol. The molecule has 1 aliphatic heterocycles. The number of nitrogens with zero attached hydrogens (tertiary/aromatic N) is 3. The van der Waals surface area contributed by atoms with Gasteiger partial charge in [-0.1, -0.05) is 32.9 Å². The lowest BCUT2D eigenvalue weighted by molar-refractivity contribution is 0.122. The molecule has 0 atom stereocenters. The quantitative estimate of drug-likeness (QED) is 0.866. The van der Waals surface area contributed by atoms with Crippen molar-refractivity contribution in [2.24, 2.45) is 0 Å². The number of hydrogen-bond acceptors (Lipinski definition) is 5. The second kappa shape index (κ2) is 8.35. The number of nitrogens with one attached hydrogen (secondary N) is 2. The number of urea groups is 1. The van der Waals surface area contributed by atoms with E-state index in [-0.39, 0.29) is 18.0 Å². The van der Waals surface area contributed by atoms with Crippen LogP contribution in [0.1, 0.15) is 32.2 Å². The summed E-state index contributed by atoms with van der Waals surface area (Å²) in [6.45, 7) is 9.78. The third-order valence-corrected chi connectivity index (χ3v) is 4.44. The lowest BCUT2D eigenvalue weighted by Crippen LogP contribution is -2.37. The van der Waals surface area contributed by atoms with Gasteiger partial charge >= 0.3 is 6.03 Å². The molecule has 1 fully saturated rings. The van der Waals surface area contributed by atoms with Gasteiger partial charge in [0.2, 0.25) is 0 Å². The first-order valence-corrected chi connectivity index (χ1v) is 9.22. The predicted molar refractivity (Wildman–Crippen MR) is 106 cm³/mol. The van der Waals surface area contributed by atoms with Crippen LogP contribution in [0.3, 0.4) is 0 Å². The second-order valence-corrected chi connectivity index (χ2v) is 7.57. The smallest absolute Gasteiger partial charge is 0.319 e. The number of aromatic nitrogens is 2. The molecule has 144 valence electrons. The Morgan fingerprint density at radius 1 is 1.15 bits per heavy atom. The van der Waals surface area contributed by atoms with E-state index < -0.39 is 0 Å². The van der Waals surface area contributed by atoms with Crippen molar-refractivity contribution in [2.75, 3.05) is 36.5 Å². The van der Waals surface area contributed by atoms with Crippen molar-refractivity contribution in [1.82, 2.24) is 15.3 Å². The molecule has 1 aromatic heterocycles. The van der Waals surface area contributed by atoms with E-state index >= 15 is 0 Å². The minimum absolute atomic E-state index is 0.0869. The fraction of sp³-hybridized carbons (Fsp3) is 0.450. The van der Waals surface area contributed by atoms with Gasteiger partial charge in [0.05, 0.1) is 19.8 Å². The molecular formula is C20H27N5O2. The van der Waals surface area contributed by atoms with Gasteiger partial charge in [-0.25, -0.2) is 14.8 Å². The maximum Gasteiger partial charge on any atom is 0.319 e. The SMILES string of the molecule is CC(C)(C)c1ccc(NC(=O)NCc2nccc(N3CCOCC3)n2)cc1. The molecule has 0 saturated carbocycles. The van der Waals surface area contributed by atoms with Gasteiger partial charge in [0.15, 0.2) is 0 Å². The summed E-state index contributed by atoms with van der Waals surface area (Å²) in [5.41, 5.74) is 2.06. The molecular weight excluding hydrogens is 342 g/mol. The van der Waals surface area contributed by atoms with Gasteiger partial charge in [-0.3, -0.25) is 0 Å². The van der Waals surface area contributed by atoms with Crippen LogP contribution in [0.5, 0.6) is 0 Å². The highest BCUT2D eigenvalue weighted by Gasteiger charge is 2.14. The van der Waals surface area contributed by atoms with E-state index in [0.29, 0.717) is 19.0 Å². The van der Waals surface area contributed by atoms with Gasteiger partial charge < -0.3 is 20.3 Å². The van der Waals surface area contributed by atoms with E-state index in [1.54, 1.807) is 6.20 Å². The summed E-state index contributed by atoms with van der Waals surface area (Å²) >= 11 is 0. The summed E-state index contributed by atoms with van der Waals surface area (Å²) in [6, 6.07) is 9.49. The van der Waals surface area contributed by atoms with Crippen molar-refractivity contribution in [3.63, 3.8) is 0 Å². The topological polar surface area (TPSA) is 79.4 Å². The molecule has 0 spiro atoms. The Labute approximate surface area is 160 Å². The lowest BCUT2D eigenvalue weighted by atomic mass is 9.87. The first kappa shape index (κ1) is 19.1. The standard InChI is InChI=1S/C20H27N5O2/c1-20(2,3)15-4-6-16(7-5-15)23-19(26)22-14-17-21-9-8-18(24-17)25-10-12-27-13-11-25/h4-9H,10-14H2,1-3H3,(H2,22,23,26). The minimum Gasteiger partial charge on any atom is -0.378 e. The van der Waals surface area contributed by atoms with E-state index in [4.69, 9.17) is 4.74 Å². The third kappa shape index (κ3) is 5.40. The molecule has 1 aromatic carbocycles. The molecule has 1 aliphatic rings. The van der Waals surface area contributed by atoms with Gasteiger partial charge in [0.25, 0.3) is 0 Å². The zero-order valence-corrected chi connectivity index (χ0v) is 16.2. The van der Waals surface area contributed by atoms with Crippen LogP contribution in [0.25, 0.3) is 0 Å². The molecule has 0 radical (unpaired) electrons. The fourth-order valence-corrected chi connectivity index (χ4v) is 2.83. The van der Waals surface area contributed by atoms with Gasteiger partial charge in [0, 0.05) is 25.0 Å². The van der Waals surface area contributed by atoms with Crippen molar-refractivity contribution < 1.29 is 9.53 Å². The molecule has 2 amide bonds. The van der Waals surface area contributed by atoms with Crippen LogP contribution in [0, 0.1) is 0 Å². The number of rotatable bonds is 4. The first-order chi connectivity index (χ1) is 12.9. The number of hydrogen-bond donors (Lipinski definition) is 2. The Morgan fingerprint density at radius 2 is 1.85 bits per heavy atom. The van der Waals surface area contributed by atoms with Crippen molar-refractivity contribution in [1.29, 1.82) is 0 Å². The maximum atomic E-state index is 12.1. The highest BCUT2D eigenvalue weighted by atomic mass is 16.5. The fourth-order valence-electron chi connectivity index (χ4n) is 2.83. The second-order valence-electron chi connectivity index (χ2n) is 7.57. The number of carbonyl (C=O) groups excluding carboxylic acids is 1. The van der Waals surface area contributed by atoms with Crippen molar-refractivity contribution in [2.45, 2.75) is 32.7 Å². The Hall–Kier alpha value is -2.67. The van der Waals surface area contributed by atoms with Gasteiger partial charge in [-0.2, -0.15) is 0 Å². The largest absolute Gasteiger partial charge is 0.378 e. The van der Waals surface area contributed by atoms with Gasteiger partial charge in [0.1, 0.15) is 11.6 Å². The lowest BCUT2D eigenvalue weighted by Gasteiger charge is -2.27. The van der Waals surface area contributed by atoms with E-state index in [1.165, 1.54) is 5.56 Å². The van der Waals surface area contributed by atoms with Crippen LogP contribution in [0.2, 0.25) is 0 Å². The van der Waals surface area contributed by atoms with Crippen LogP contribution in [-0.4, -0.2) is 42.3 Å². The van der Waals surface area contributed by atoms with Crippen LogP contribution in [0.4, 0.5) is 16.3 Å². The van der Waals surface area contributed by atoms with E-state index in [9.17, 15) is 4.79 Å². The van der Waals surface area contributed by atoms with Gasteiger partial charge in [-0.05, 0) is 29.2 Å². The van der Waals surface area contributed by atoms with Crippen LogP contribution < -0.4 is 15.5 Å². The Balaban J connectivity index is 1.53. The molecule has 0 bridgehead atoms. The number of anilines is 2. The first-order valence-electron chi connectivity index (χ1n) is 9.22. The van der Waals surface area contributed by atoms with Crippen LogP contribution >= 0.6 is 0 Å². The molecule has 2 heterocycles. The number of morpholine rings is 1. The molecule has 2 aromatic rings. The van der Waals surface area contributed by atoms with Crippen molar-refractivity contribution in [3.05, 3.63) is 47.9 Å². The number of benzene rings is 1. The highest BCUT2D eigenvalue weighted by Crippen LogP contribution is 2.23. The summed E-state index contributed by atoms with van der Waals surface area (Å²) in [5, 5.41) is 5.64. The van der Waals surface area contributed by atoms with E-state index in [2.05, 4.69) is 46.3 Å². The number of ether oxygens (including phenoxy) is 1. The Kier molecular flexibility index (Phi) is 5.91. The predicted octanol–water partition coefficient (Wildman–Crippen LogP) is 2.93. The zero-order chi connectivity index (χ0) is 19.3. The van der Waals surface area contributed by atoms with Crippen molar-refractivity contribution in [3.8, 4) is 0 Å². The minimum atomic E-state index is -0.279. The van der Waals surface area contributed by atoms with Gasteiger partial charge in [-0.15, -0.1) is 0 Å². The Bertz CT molecular complexity index is 765. The van der Waals surface area contributed by atoms with E-state index in [1.807, 2.05) is 30.3 Å². The number of carbonyl (C=O) groups is 1. The average Bonchev–Trinajstić information content (AvgIpc) is 2.67. The monoisotopic (exact) mass is 369 g/mol. The third-order valence-electron chi connectivity index (χ3n) is 4.44.